The standard InChI is InChI=1S/C13H19N5O2S/c1-11-14-5-7-17(11)9-12-4-3-6-18(12)21(19,20)13-8-15-16(2)10-13/h5,7-8,10,12H,3-4,6,9H2,1-2H3/t12-/m1/s1. The first-order valence-electron chi connectivity index (χ1n) is 6.97. The van der Waals surface area contributed by atoms with Gasteiger partial charge < -0.3 is 4.57 Å². The van der Waals surface area contributed by atoms with Crippen molar-refractivity contribution in [2.75, 3.05) is 6.54 Å². The molecule has 1 atom stereocenters. The molecule has 0 bridgehead atoms. The molecule has 1 aliphatic rings. The van der Waals surface area contributed by atoms with Gasteiger partial charge in [0.1, 0.15) is 10.7 Å². The van der Waals surface area contributed by atoms with E-state index < -0.39 is 10.0 Å². The third-order valence-electron chi connectivity index (χ3n) is 3.94. The van der Waals surface area contributed by atoms with Gasteiger partial charge in [-0.05, 0) is 19.8 Å². The number of hydrogen-bond acceptors (Lipinski definition) is 4. The maximum Gasteiger partial charge on any atom is 0.246 e. The Bertz CT molecular complexity index is 733. The summed E-state index contributed by atoms with van der Waals surface area (Å²) in [6, 6.07) is -0.0249. The van der Waals surface area contributed by atoms with Gasteiger partial charge in [0, 0.05) is 44.8 Å². The van der Waals surface area contributed by atoms with Gasteiger partial charge in [-0.3, -0.25) is 4.68 Å². The lowest BCUT2D eigenvalue weighted by molar-refractivity contribution is 0.350. The molecule has 0 aromatic carbocycles. The lowest BCUT2D eigenvalue weighted by Crippen LogP contribution is -2.38. The molecule has 3 heterocycles. The molecular weight excluding hydrogens is 290 g/mol. The Kier molecular flexibility index (Phi) is 3.58. The second kappa shape index (κ2) is 5.27. The molecule has 0 saturated carbocycles. The van der Waals surface area contributed by atoms with Crippen molar-refractivity contribution in [1.29, 1.82) is 0 Å². The summed E-state index contributed by atoms with van der Waals surface area (Å²) in [5.74, 6) is 0.903. The van der Waals surface area contributed by atoms with Crippen LogP contribution >= 0.6 is 0 Å². The van der Waals surface area contributed by atoms with Crippen LogP contribution in [0.15, 0.2) is 29.7 Å². The summed E-state index contributed by atoms with van der Waals surface area (Å²) < 4.78 is 30.6. The van der Waals surface area contributed by atoms with E-state index in [0.29, 0.717) is 13.1 Å². The van der Waals surface area contributed by atoms with E-state index in [1.165, 1.54) is 10.9 Å². The fourth-order valence-corrected chi connectivity index (χ4v) is 4.47. The van der Waals surface area contributed by atoms with E-state index in [4.69, 9.17) is 0 Å². The summed E-state index contributed by atoms with van der Waals surface area (Å²) in [4.78, 5) is 4.45. The predicted octanol–water partition coefficient (Wildman–Crippen LogP) is 0.778. The van der Waals surface area contributed by atoms with Gasteiger partial charge in [0.05, 0.1) is 6.20 Å². The van der Waals surface area contributed by atoms with Crippen LogP contribution in [0.1, 0.15) is 18.7 Å². The summed E-state index contributed by atoms with van der Waals surface area (Å²) >= 11 is 0. The SMILES string of the molecule is Cc1nccn1C[C@H]1CCCN1S(=O)(=O)c1cnn(C)c1. The third-order valence-corrected chi connectivity index (χ3v) is 5.85. The van der Waals surface area contributed by atoms with Crippen molar-refractivity contribution in [2.24, 2.45) is 7.05 Å². The number of aromatic nitrogens is 4. The first kappa shape index (κ1) is 14.3. The first-order chi connectivity index (χ1) is 9.98. The molecule has 7 nitrogen and oxygen atoms in total. The van der Waals surface area contributed by atoms with Crippen LogP contribution in [0.5, 0.6) is 0 Å². The largest absolute Gasteiger partial charge is 0.334 e. The van der Waals surface area contributed by atoms with Gasteiger partial charge in [-0.1, -0.05) is 0 Å². The van der Waals surface area contributed by atoms with Crippen molar-refractivity contribution in [3.8, 4) is 0 Å². The molecule has 1 fully saturated rings. The zero-order valence-corrected chi connectivity index (χ0v) is 13.0. The summed E-state index contributed by atoms with van der Waals surface area (Å²) in [7, 11) is -1.75. The molecule has 0 spiro atoms. The van der Waals surface area contributed by atoms with E-state index in [1.54, 1.807) is 23.7 Å². The Morgan fingerprint density at radius 3 is 2.86 bits per heavy atom. The monoisotopic (exact) mass is 309 g/mol. The Morgan fingerprint density at radius 2 is 2.24 bits per heavy atom. The highest BCUT2D eigenvalue weighted by molar-refractivity contribution is 7.89. The van der Waals surface area contributed by atoms with Gasteiger partial charge in [-0.25, -0.2) is 13.4 Å². The maximum atomic E-state index is 12.7. The maximum absolute atomic E-state index is 12.7. The molecule has 1 saturated heterocycles. The average Bonchev–Trinajstić information content (AvgIpc) is 3.13. The molecule has 0 aliphatic carbocycles. The second-order valence-corrected chi connectivity index (χ2v) is 7.28. The van der Waals surface area contributed by atoms with Crippen LogP contribution in [0.25, 0.3) is 0 Å². The molecular formula is C13H19N5O2S. The molecule has 0 radical (unpaired) electrons. The molecule has 2 aromatic heterocycles. The fraction of sp³-hybridized carbons (Fsp3) is 0.538. The fourth-order valence-electron chi connectivity index (χ4n) is 2.80. The average molecular weight is 309 g/mol. The number of hydrogen-bond donors (Lipinski definition) is 0. The summed E-state index contributed by atoms with van der Waals surface area (Å²) in [5.41, 5.74) is 0. The van der Waals surface area contributed by atoms with Crippen LogP contribution in [0, 0.1) is 6.92 Å². The number of rotatable bonds is 4. The zero-order chi connectivity index (χ0) is 15.0. The van der Waals surface area contributed by atoms with Crippen LogP contribution in [-0.4, -0.2) is 44.6 Å². The quantitative estimate of drug-likeness (QED) is 0.836. The zero-order valence-electron chi connectivity index (χ0n) is 12.2. The smallest absolute Gasteiger partial charge is 0.246 e. The second-order valence-electron chi connectivity index (χ2n) is 5.39. The van der Waals surface area contributed by atoms with Crippen LogP contribution in [0.4, 0.5) is 0 Å². The first-order valence-corrected chi connectivity index (χ1v) is 8.41. The number of sulfonamides is 1. The van der Waals surface area contributed by atoms with Gasteiger partial charge in [0.15, 0.2) is 0 Å². The third kappa shape index (κ3) is 2.60. The molecule has 21 heavy (non-hydrogen) atoms. The van der Waals surface area contributed by atoms with Crippen molar-refractivity contribution >= 4 is 10.0 Å². The predicted molar refractivity (Wildman–Crippen MR) is 77.1 cm³/mol. The van der Waals surface area contributed by atoms with Crippen LogP contribution in [0.3, 0.4) is 0 Å². The van der Waals surface area contributed by atoms with Crippen molar-refractivity contribution in [1.82, 2.24) is 23.6 Å². The van der Waals surface area contributed by atoms with Crippen molar-refractivity contribution in [3.05, 3.63) is 30.6 Å². The summed E-state index contributed by atoms with van der Waals surface area (Å²) in [6.45, 7) is 3.13. The van der Waals surface area contributed by atoms with E-state index in [1.807, 2.05) is 17.7 Å². The van der Waals surface area contributed by atoms with Crippen molar-refractivity contribution in [3.63, 3.8) is 0 Å². The highest BCUT2D eigenvalue weighted by atomic mass is 32.2. The van der Waals surface area contributed by atoms with E-state index in [-0.39, 0.29) is 10.9 Å². The molecule has 8 heteroatoms. The van der Waals surface area contributed by atoms with Gasteiger partial charge in [0.2, 0.25) is 10.0 Å². The lowest BCUT2D eigenvalue weighted by atomic mass is 10.2. The van der Waals surface area contributed by atoms with E-state index in [2.05, 4.69) is 10.1 Å². The summed E-state index contributed by atoms with van der Waals surface area (Å²) in [5, 5.41) is 3.96. The van der Waals surface area contributed by atoms with Crippen LogP contribution < -0.4 is 0 Å². The minimum atomic E-state index is -3.47. The van der Waals surface area contributed by atoms with Crippen LogP contribution in [0.2, 0.25) is 0 Å². The highest BCUT2D eigenvalue weighted by Crippen LogP contribution is 2.26. The van der Waals surface area contributed by atoms with E-state index in [9.17, 15) is 8.42 Å². The Balaban J connectivity index is 1.85. The number of nitrogens with zero attached hydrogens (tertiary/aromatic N) is 5. The minimum Gasteiger partial charge on any atom is -0.334 e. The van der Waals surface area contributed by atoms with Gasteiger partial charge in [-0.2, -0.15) is 9.40 Å². The van der Waals surface area contributed by atoms with Gasteiger partial charge in [-0.15, -0.1) is 0 Å². The lowest BCUT2D eigenvalue weighted by Gasteiger charge is -2.24. The van der Waals surface area contributed by atoms with E-state index in [0.717, 1.165) is 18.7 Å². The summed E-state index contributed by atoms with van der Waals surface area (Å²) in [6.07, 6.45) is 8.35. The van der Waals surface area contributed by atoms with E-state index >= 15 is 0 Å². The molecule has 0 unspecified atom stereocenters. The molecule has 0 amide bonds. The Morgan fingerprint density at radius 1 is 1.43 bits per heavy atom. The minimum absolute atomic E-state index is 0.0249. The van der Waals surface area contributed by atoms with Crippen molar-refractivity contribution < 1.29 is 8.42 Å². The van der Waals surface area contributed by atoms with Crippen molar-refractivity contribution in [2.45, 2.75) is 37.2 Å². The molecule has 0 N–H and O–H groups in total. The highest BCUT2D eigenvalue weighted by Gasteiger charge is 2.36. The Hall–Kier alpha value is -1.67. The topological polar surface area (TPSA) is 73.0 Å². The normalized spacial score (nSPS) is 20.2. The number of aryl methyl sites for hydroxylation is 2. The molecule has 2 aromatic rings. The van der Waals surface area contributed by atoms with Gasteiger partial charge in [0.25, 0.3) is 0 Å². The van der Waals surface area contributed by atoms with Crippen LogP contribution in [-0.2, 0) is 23.6 Å². The number of imidazole rings is 1. The molecule has 3 rings (SSSR count). The Labute approximate surface area is 124 Å². The van der Waals surface area contributed by atoms with Gasteiger partial charge >= 0.3 is 0 Å². The molecule has 114 valence electrons. The molecule has 1 aliphatic heterocycles.